The molecule has 0 spiro atoms. The van der Waals surface area contributed by atoms with Gasteiger partial charge in [-0.1, -0.05) is 39.5 Å². The fourth-order valence-corrected chi connectivity index (χ4v) is 3.84. The first-order valence-electron chi connectivity index (χ1n) is 8.54. The molecule has 1 atom stereocenters. The van der Waals surface area contributed by atoms with Crippen LogP contribution in [0.3, 0.4) is 0 Å². The molecule has 0 aromatic heterocycles. The summed E-state index contributed by atoms with van der Waals surface area (Å²) in [6.07, 6.45) is 9.95. The van der Waals surface area contributed by atoms with E-state index in [0.717, 1.165) is 36.9 Å². The SMILES string of the molecule is CC(C)CNCC(CC1CCOCC1)C1CCCC1. The summed E-state index contributed by atoms with van der Waals surface area (Å²) >= 11 is 0. The van der Waals surface area contributed by atoms with Crippen LogP contribution in [0.4, 0.5) is 0 Å². The zero-order chi connectivity index (χ0) is 13.5. The largest absolute Gasteiger partial charge is 0.381 e. The molecule has 2 rings (SSSR count). The van der Waals surface area contributed by atoms with Gasteiger partial charge in [-0.05, 0) is 56.0 Å². The average molecular weight is 267 g/mol. The highest BCUT2D eigenvalue weighted by Gasteiger charge is 2.27. The highest BCUT2D eigenvalue weighted by Crippen LogP contribution is 2.36. The van der Waals surface area contributed by atoms with Crippen molar-refractivity contribution in [1.82, 2.24) is 5.32 Å². The van der Waals surface area contributed by atoms with Crippen molar-refractivity contribution in [2.45, 2.75) is 58.8 Å². The Bertz CT molecular complexity index is 229. The van der Waals surface area contributed by atoms with Gasteiger partial charge in [0.2, 0.25) is 0 Å². The smallest absolute Gasteiger partial charge is 0.0468 e. The molecule has 2 nitrogen and oxygen atoms in total. The van der Waals surface area contributed by atoms with Crippen molar-refractivity contribution in [3.8, 4) is 0 Å². The average Bonchev–Trinajstić information content (AvgIpc) is 2.92. The molecule has 1 saturated carbocycles. The van der Waals surface area contributed by atoms with Crippen LogP contribution in [0.5, 0.6) is 0 Å². The van der Waals surface area contributed by atoms with Crippen molar-refractivity contribution in [3.63, 3.8) is 0 Å². The maximum atomic E-state index is 5.50. The maximum absolute atomic E-state index is 5.50. The minimum atomic E-state index is 0.771. The number of nitrogens with one attached hydrogen (secondary N) is 1. The quantitative estimate of drug-likeness (QED) is 0.756. The van der Waals surface area contributed by atoms with Crippen LogP contribution in [0.15, 0.2) is 0 Å². The highest BCUT2D eigenvalue weighted by atomic mass is 16.5. The Morgan fingerprint density at radius 3 is 2.32 bits per heavy atom. The van der Waals surface area contributed by atoms with Crippen molar-refractivity contribution >= 4 is 0 Å². The van der Waals surface area contributed by atoms with Crippen LogP contribution in [-0.2, 0) is 4.74 Å². The summed E-state index contributed by atoms with van der Waals surface area (Å²) in [5, 5.41) is 3.72. The Kier molecular flexibility index (Phi) is 6.66. The van der Waals surface area contributed by atoms with Gasteiger partial charge >= 0.3 is 0 Å². The Morgan fingerprint density at radius 2 is 1.68 bits per heavy atom. The van der Waals surface area contributed by atoms with E-state index in [-0.39, 0.29) is 0 Å². The highest BCUT2D eigenvalue weighted by molar-refractivity contribution is 4.80. The molecule has 0 bridgehead atoms. The molecule has 0 amide bonds. The Hall–Kier alpha value is -0.0800. The lowest BCUT2D eigenvalue weighted by molar-refractivity contribution is 0.0546. The summed E-state index contributed by atoms with van der Waals surface area (Å²) in [7, 11) is 0. The van der Waals surface area contributed by atoms with Crippen molar-refractivity contribution in [2.24, 2.45) is 23.7 Å². The van der Waals surface area contributed by atoms with Crippen molar-refractivity contribution in [2.75, 3.05) is 26.3 Å². The molecule has 1 heterocycles. The number of rotatable bonds is 7. The topological polar surface area (TPSA) is 21.3 Å². The minimum Gasteiger partial charge on any atom is -0.381 e. The van der Waals surface area contributed by atoms with E-state index in [1.54, 1.807) is 0 Å². The number of ether oxygens (including phenoxy) is 1. The van der Waals surface area contributed by atoms with E-state index < -0.39 is 0 Å². The van der Waals surface area contributed by atoms with E-state index in [1.165, 1.54) is 58.0 Å². The lowest BCUT2D eigenvalue weighted by Gasteiger charge is -2.30. The Balaban J connectivity index is 1.78. The van der Waals surface area contributed by atoms with Gasteiger partial charge in [-0.25, -0.2) is 0 Å². The van der Waals surface area contributed by atoms with Gasteiger partial charge < -0.3 is 10.1 Å². The summed E-state index contributed by atoms with van der Waals surface area (Å²) in [4.78, 5) is 0. The zero-order valence-corrected chi connectivity index (χ0v) is 13.0. The molecule has 1 aliphatic carbocycles. The summed E-state index contributed by atoms with van der Waals surface area (Å²) < 4.78 is 5.50. The van der Waals surface area contributed by atoms with Crippen LogP contribution in [0, 0.1) is 23.7 Å². The molecule has 0 aromatic rings. The summed E-state index contributed by atoms with van der Waals surface area (Å²) in [6, 6.07) is 0. The molecular formula is C17H33NO. The normalized spacial score (nSPS) is 24.2. The second-order valence-corrected chi connectivity index (χ2v) is 7.15. The van der Waals surface area contributed by atoms with Crippen LogP contribution < -0.4 is 5.32 Å². The molecular weight excluding hydrogens is 234 g/mol. The van der Waals surface area contributed by atoms with Gasteiger partial charge in [-0.2, -0.15) is 0 Å². The van der Waals surface area contributed by atoms with Gasteiger partial charge in [-0.15, -0.1) is 0 Å². The first kappa shape index (κ1) is 15.3. The van der Waals surface area contributed by atoms with E-state index in [4.69, 9.17) is 4.74 Å². The van der Waals surface area contributed by atoms with Gasteiger partial charge in [0, 0.05) is 13.2 Å². The summed E-state index contributed by atoms with van der Waals surface area (Å²) in [6.45, 7) is 9.03. The third-order valence-electron chi connectivity index (χ3n) is 5.00. The molecule has 1 aliphatic heterocycles. The lowest BCUT2D eigenvalue weighted by Crippen LogP contribution is -2.32. The zero-order valence-electron chi connectivity index (χ0n) is 13.0. The molecule has 1 N–H and O–H groups in total. The molecule has 2 heteroatoms. The first-order valence-corrected chi connectivity index (χ1v) is 8.54. The molecule has 0 aromatic carbocycles. The van der Waals surface area contributed by atoms with Crippen molar-refractivity contribution < 1.29 is 4.74 Å². The predicted octanol–water partition coefficient (Wildman–Crippen LogP) is 3.86. The van der Waals surface area contributed by atoms with Gasteiger partial charge in [0.1, 0.15) is 0 Å². The van der Waals surface area contributed by atoms with E-state index in [9.17, 15) is 0 Å². The molecule has 112 valence electrons. The lowest BCUT2D eigenvalue weighted by atomic mass is 9.81. The fraction of sp³-hybridized carbons (Fsp3) is 1.00. The maximum Gasteiger partial charge on any atom is 0.0468 e. The van der Waals surface area contributed by atoms with E-state index in [1.807, 2.05) is 0 Å². The molecule has 0 radical (unpaired) electrons. The van der Waals surface area contributed by atoms with Crippen LogP contribution in [-0.4, -0.2) is 26.3 Å². The Morgan fingerprint density at radius 1 is 1.00 bits per heavy atom. The van der Waals surface area contributed by atoms with Gasteiger partial charge in [0.05, 0.1) is 0 Å². The summed E-state index contributed by atoms with van der Waals surface area (Å²) in [5.74, 6) is 3.62. The summed E-state index contributed by atoms with van der Waals surface area (Å²) in [5.41, 5.74) is 0. The molecule has 1 saturated heterocycles. The van der Waals surface area contributed by atoms with E-state index >= 15 is 0 Å². The van der Waals surface area contributed by atoms with E-state index in [2.05, 4.69) is 19.2 Å². The molecule has 2 fully saturated rings. The monoisotopic (exact) mass is 267 g/mol. The van der Waals surface area contributed by atoms with Crippen LogP contribution >= 0.6 is 0 Å². The number of hydrogen-bond acceptors (Lipinski definition) is 2. The van der Waals surface area contributed by atoms with Gasteiger partial charge in [-0.3, -0.25) is 0 Å². The standard InChI is InChI=1S/C17H33NO/c1-14(2)12-18-13-17(16-5-3-4-6-16)11-15-7-9-19-10-8-15/h14-18H,3-13H2,1-2H3. The van der Waals surface area contributed by atoms with Crippen LogP contribution in [0.1, 0.15) is 58.8 Å². The third-order valence-corrected chi connectivity index (χ3v) is 5.00. The van der Waals surface area contributed by atoms with Crippen molar-refractivity contribution in [1.29, 1.82) is 0 Å². The van der Waals surface area contributed by atoms with Gasteiger partial charge in [0.15, 0.2) is 0 Å². The van der Waals surface area contributed by atoms with Crippen LogP contribution in [0.2, 0.25) is 0 Å². The Labute approximate surface area is 119 Å². The second kappa shape index (κ2) is 8.26. The number of hydrogen-bond donors (Lipinski definition) is 1. The fourth-order valence-electron chi connectivity index (χ4n) is 3.84. The predicted molar refractivity (Wildman–Crippen MR) is 81.3 cm³/mol. The first-order chi connectivity index (χ1) is 9.25. The molecule has 1 unspecified atom stereocenters. The van der Waals surface area contributed by atoms with Crippen LogP contribution in [0.25, 0.3) is 0 Å². The molecule has 2 aliphatic rings. The molecule has 19 heavy (non-hydrogen) atoms. The van der Waals surface area contributed by atoms with E-state index in [0.29, 0.717) is 0 Å². The third kappa shape index (κ3) is 5.43. The van der Waals surface area contributed by atoms with Crippen molar-refractivity contribution in [3.05, 3.63) is 0 Å². The van der Waals surface area contributed by atoms with Gasteiger partial charge in [0.25, 0.3) is 0 Å². The second-order valence-electron chi connectivity index (χ2n) is 7.15. The minimum absolute atomic E-state index is 0.771.